The van der Waals surface area contributed by atoms with Crippen molar-refractivity contribution in [2.45, 2.75) is 76.9 Å². The largest absolute Gasteiger partial charge is 0.507 e. The highest BCUT2D eigenvalue weighted by Gasteiger charge is 2.56. The molecule has 0 unspecified atom stereocenters. The molecule has 0 spiro atoms. The Labute approximate surface area is 362 Å². The molecule has 2 aliphatic rings. The van der Waals surface area contributed by atoms with Crippen LogP contribution in [0.5, 0.6) is 5.75 Å². The van der Waals surface area contributed by atoms with Crippen LogP contribution >= 0.6 is 15.9 Å². The van der Waals surface area contributed by atoms with E-state index < -0.39 is 44.8 Å². The van der Waals surface area contributed by atoms with Crippen molar-refractivity contribution in [3.05, 3.63) is 136 Å². The number of aliphatic carboxylic acids is 1. The number of imide groups is 1. The minimum atomic E-state index is -3.09. The number of amides is 2. The Hall–Kier alpha value is -4.65. The van der Waals surface area contributed by atoms with Crippen LogP contribution < -0.4 is 10.4 Å². The number of aliphatic hydroxyl groups excluding tert-OH is 2. The van der Waals surface area contributed by atoms with Gasteiger partial charge in [-0.3, -0.25) is 19.3 Å². The van der Waals surface area contributed by atoms with Crippen LogP contribution in [0.4, 0.5) is 0 Å². The maximum Gasteiger partial charge on any atom is 0.303 e. The van der Waals surface area contributed by atoms with Gasteiger partial charge in [-0.2, -0.15) is 0 Å². The van der Waals surface area contributed by atoms with Gasteiger partial charge in [0, 0.05) is 28.9 Å². The maximum absolute atomic E-state index is 14.2. The molecule has 11 heteroatoms. The molecule has 9 nitrogen and oxygen atoms in total. The molecule has 0 radical (unpaired) electrons. The first-order valence-electron chi connectivity index (χ1n) is 20.8. The van der Waals surface area contributed by atoms with Crippen LogP contribution in [0, 0.1) is 17.8 Å². The average Bonchev–Trinajstić information content (AvgIpc) is 3.47. The van der Waals surface area contributed by atoms with Crippen LogP contribution in [0.1, 0.15) is 76.8 Å². The second-order valence-corrected chi connectivity index (χ2v) is 22.2. The number of halogens is 1. The zero-order valence-electron chi connectivity index (χ0n) is 34.6. The first kappa shape index (κ1) is 44.9. The molecule has 6 rings (SSSR count). The van der Waals surface area contributed by atoms with Crippen molar-refractivity contribution in [2.75, 3.05) is 19.8 Å². The zero-order chi connectivity index (χ0) is 43.0. The van der Waals surface area contributed by atoms with Gasteiger partial charge < -0.3 is 24.9 Å². The number of benzene rings is 4. The van der Waals surface area contributed by atoms with Crippen LogP contribution in [0.3, 0.4) is 0 Å². The van der Waals surface area contributed by atoms with E-state index in [0.717, 1.165) is 31.6 Å². The van der Waals surface area contributed by atoms with Crippen molar-refractivity contribution < 1.29 is 39.2 Å². The Kier molecular flexibility index (Phi) is 14.8. The summed E-state index contributed by atoms with van der Waals surface area (Å²) in [5, 5.41) is 45.3. The fourth-order valence-corrected chi connectivity index (χ4v) is 14.2. The molecule has 1 heterocycles. The third kappa shape index (κ3) is 9.77. The Balaban J connectivity index is 1.40. The van der Waals surface area contributed by atoms with Crippen molar-refractivity contribution in [2.24, 2.45) is 17.8 Å². The number of aliphatic hydroxyl groups is 2. The summed E-state index contributed by atoms with van der Waals surface area (Å²) in [7, 11) is -3.09. The minimum absolute atomic E-state index is 0.0187. The van der Waals surface area contributed by atoms with E-state index in [1.54, 1.807) is 12.1 Å². The van der Waals surface area contributed by atoms with E-state index in [1.807, 2.05) is 78.9 Å². The minimum Gasteiger partial charge on any atom is -0.507 e. The topological polar surface area (TPSA) is 145 Å². The van der Waals surface area contributed by atoms with Gasteiger partial charge in [-0.15, -0.1) is 0 Å². The Morgan fingerprint density at radius 1 is 0.883 bits per heavy atom. The lowest BCUT2D eigenvalue weighted by molar-refractivity contribution is -0.141. The number of allylic oxidation sites excluding steroid dienone is 1. The zero-order valence-corrected chi connectivity index (χ0v) is 37.2. The molecule has 60 heavy (non-hydrogen) atoms. The molecule has 2 amide bonds. The molecule has 1 saturated heterocycles. The number of nitrogens with zero attached hydrogens (tertiary/aromatic N) is 1. The van der Waals surface area contributed by atoms with Gasteiger partial charge in [0.15, 0.2) is 0 Å². The predicted molar refractivity (Wildman–Crippen MR) is 241 cm³/mol. The summed E-state index contributed by atoms with van der Waals surface area (Å²) < 4.78 is 8.22. The van der Waals surface area contributed by atoms with Gasteiger partial charge in [0.2, 0.25) is 11.8 Å². The lowest BCUT2D eigenvalue weighted by atomic mass is 9.68. The highest BCUT2D eigenvalue weighted by Crippen LogP contribution is 2.47. The number of carbonyl (C=O) groups excluding carboxylic acids is 2. The van der Waals surface area contributed by atoms with Gasteiger partial charge in [0.25, 0.3) is 8.32 Å². The molecule has 0 bridgehead atoms. The Bertz CT molecular complexity index is 2150. The van der Waals surface area contributed by atoms with E-state index in [4.69, 9.17) is 9.53 Å². The van der Waals surface area contributed by atoms with E-state index in [2.05, 4.69) is 61.0 Å². The maximum atomic E-state index is 14.2. The monoisotopic (exact) mass is 893 g/mol. The van der Waals surface area contributed by atoms with Gasteiger partial charge >= 0.3 is 5.97 Å². The summed E-state index contributed by atoms with van der Waals surface area (Å²) in [4.78, 5) is 40.8. The van der Waals surface area contributed by atoms with Crippen molar-refractivity contribution in [3.8, 4) is 5.75 Å². The number of carbonyl (C=O) groups is 3. The van der Waals surface area contributed by atoms with Gasteiger partial charge in [-0.1, -0.05) is 134 Å². The average molecular weight is 895 g/mol. The molecular formula is C49H56BrNO8Si. The molecule has 0 aromatic heterocycles. The molecule has 1 aliphatic heterocycles. The summed E-state index contributed by atoms with van der Waals surface area (Å²) in [6.45, 7) is 6.36. The molecule has 1 fully saturated rings. The molecule has 4 atom stereocenters. The second-order valence-electron chi connectivity index (χ2n) is 17.0. The lowest BCUT2D eigenvalue weighted by Gasteiger charge is -2.44. The Morgan fingerprint density at radius 3 is 2.08 bits per heavy atom. The van der Waals surface area contributed by atoms with Crippen molar-refractivity contribution >= 4 is 64.1 Å². The number of hydrogen-bond donors (Lipinski definition) is 4. The van der Waals surface area contributed by atoms with Crippen LogP contribution in [0.15, 0.2) is 125 Å². The second kappa shape index (κ2) is 19.8. The van der Waals surface area contributed by atoms with Gasteiger partial charge in [-0.05, 0) is 94.1 Å². The fourth-order valence-electron chi connectivity index (χ4n) is 9.29. The number of carboxylic acids is 1. The number of likely N-dealkylation sites (tertiary alicyclic amines) is 1. The summed E-state index contributed by atoms with van der Waals surface area (Å²) >= 11 is 3.51. The molecule has 4 aromatic carbocycles. The van der Waals surface area contributed by atoms with Crippen molar-refractivity contribution in [1.29, 1.82) is 0 Å². The predicted octanol–water partition coefficient (Wildman–Crippen LogP) is 7.97. The number of hydrogen-bond acceptors (Lipinski definition) is 7. The van der Waals surface area contributed by atoms with E-state index >= 15 is 0 Å². The lowest BCUT2D eigenvalue weighted by Crippen LogP contribution is -2.66. The number of unbranched alkanes of at least 4 members (excludes halogenated alkanes) is 2. The van der Waals surface area contributed by atoms with Crippen molar-refractivity contribution in [3.63, 3.8) is 0 Å². The number of phenols is 1. The first-order valence-corrected chi connectivity index (χ1v) is 23.5. The quantitative estimate of drug-likeness (QED) is 0.0259. The van der Waals surface area contributed by atoms with Gasteiger partial charge in [0.1, 0.15) is 5.75 Å². The molecular weight excluding hydrogens is 839 g/mol. The number of phenolic OH excluding ortho intramolecular Hbond substituents is 1. The summed E-state index contributed by atoms with van der Waals surface area (Å²) in [6.07, 6.45) is 3.13. The van der Waals surface area contributed by atoms with E-state index in [0.29, 0.717) is 36.8 Å². The van der Waals surface area contributed by atoms with Crippen LogP contribution in [-0.4, -0.2) is 77.3 Å². The van der Waals surface area contributed by atoms with Gasteiger partial charge in [0.05, 0.1) is 31.2 Å². The molecule has 316 valence electrons. The van der Waals surface area contributed by atoms with Crippen LogP contribution in [0.2, 0.25) is 5.04 Å². The third-order valence-electron chi connectivity index (χ3n) is 12.1. The van der Waals surface area contributed by atoms with E-state index in [9.17, 15) is 29.7 Å². The smallest absolute Gasteiger partial charge is 0.303 e. The molecule has 1 aliphatic carbocycles. The van der Waals surface area contributed by atoms with Gasteiger partial charge in [-0.25, -0.2) is 0 Å². The first-order chi connectivity index (χ1) is 28.8. The van der Waals surface area contributed by atoms with Crippen LogP contribution in [0.25, 0.3) is 11.6 Å². The highest BCUT2D eigenvalue weighted by molar-refractivity contribution is 9.10. The normalized spacial score (nSPS) is 19.1. The highest BCUT2D eigenvalue weighted by atomic mass is 79.9. The summed E-state index contributed by atoms with van der Waals surface area (Å²) in [5.74, 6) is -3.86. The number of carboxylic acid groups (broad SMARTS) is 1. The number of rotatable bonds is 18. The standard InChI is InChI=1S/C49H56BrNO8Si/c1-49(2,3)60(38-18-10-5-11-19-38,39-20-12-6-13-21-39)59-32-36-30-40-46(48(58)51(47(40)57)27-15-7-14-22-44(55)56)41(31-52)45(36)43(54)25-23-34(33-16-8-4-9-17-33)28-35-29-37(50)24-26-42(35)53/h4-6,8-13,16-21,24,26,28-29,40-41,43,46,52-54H,7,14-15,22-23,25,27,30-32H2,1-3H3,(H,55,56)/b34-28-/t40-,41+,43-,46-/m1/s1. The van der Waals surface area contributed by atoms with Crippen LogP contribution in [-0.2, 0) is 18.8 Å². The summed E-state index contributed by atoms with van der Waals surface area (Å²) in [5.41, 5.74) is 3.67. The molecule has 0 saturated carbocycles. The summed E-state index contributed by atoms with van der Waals surface area (Å²) in [6, 6.07) is 35.5. The third-order valence-corrected chi connectivity index (χ3v) is 17.6. The SMILES string of the molecule is CC(C)(C)[Si](OCC1=C([C@H](O)CC/C(=C/c2cc(Br)ccc2O)c2ccccc2)[C@H](CO)[C@@H]2C(=O)N(CCCCCC(=O)O)C(=O)[C@@H]2C1)(c1ccccc1)c1ccccc1. The molecule has 4 aromatic rings. The van der Waals surface area contributed by atoms with E-state index in [1.165, 1.54) is 4.90 Å². The number of fused-ring (bicyclic) bond motifs is 1. The fraction of sp³-hybridized carbons (Fsp3) is 0.367. The van der Waals surface area contributed by atoms with E-state index in [-0.39, 0.29) is 55.0 Å². The Morgan fingerprint density at radius 2 is 1.50 bits per heavy atom. The molecule has 4 N–H and O–H groups in total. The number of aromatic hydroxyl groups is 1. The van der Waals surface area contributed by atoms with Crippen molar-refractivity contribution in [1.82, 2.24) is 4.90 Å².